The molecule has 0 saturated carbocycles. The van der Waals surface area contributed by atoms with Gasteiger partial charge in [-0.2, -0.15) is 39.5 Å². The van der Waals surface area contributed by atoms with E-state index in [9.17, 15) is 39.5 Å². The van der Waals surface area contributed by atoms with Crippen LogP contribution in [-0.4, -0.2) is 33.5 Å². The number of rotatable bonds is 5. The van der Waals surface area contributed by atoms with Gasteiger partial charge in [0.1, 0.15) is 0 Å². The van der Waals surface area contributed by atoms with E-state index in [2.05, 4.69) is 0 Å². The maximum absolute atomic E-state index is 12.7. The highest BCUT2D eigenvalue weighted by Gasteiger charge is 2.81. The summed E-state index contributed by atoms with van der Waals surface area (Å²) < 4.78 is 110. The average Bonchev–Trinajstić information content (AvgIpc) is 2.12. The van der Waals surface area contributed by atoms with Gasteiger partial charge in [-0.05, 0) is 0 Å². The van der Waals surface area contributed by atoms with Gasteiger partial charge in [-0.15, -0.1) is 0 Å². The SMILES string of the molecule is C[Si]CCC(F)(F)C(F)(F)C(F)(F)C(F)(F)F. The molecule has 0 rings (SSSR count). The van der Waals surface area contributed by atoms with Crippen LogP contribution in [0.2, 0.25) is 12.6 Å². The Morgan fingerprint density at radius 3 is 1.47 bits per heavy atom. The van der Waals surface area contributed by atoms with Gasteiger partial charge in [0.15, 0.2) is 0 Å². The van der Waals surface area contributed by atoms with Crippen molar-refractivity contribution < 1.29 is 39.5 Å². The third-order valence-electron chi connectivity index (χ3n) is 1.90. The maximum Gasteiger partial charge on any atom is 0.460 e. The van der Waals surface area contributed by atoms with E-state index in [1.165, 1.54) is 6.55 Å². The number of hydrogen-bond acceptors (Lipinski definition) is 0. The zero-order chi connectivity index (χ0) is 14.1. The Kier molecular flexibility index (Phi) is 4.58. The summed E-state index contributed by atoms with van der Waals surface area (Å²) in [6.45, 7) is 1.33. The molecule has 0 aliphatic rings. The lowest BCUT2D eigenvalue weighted by Gasteiger charge is -2.33. The number of halogens is 9. The molecule has 10 heteroatoms. The Hall–Kier alpha value is -0.413. The highest BCUT2D eigenvalue weighted by molar-refractivity contribution is 6.33. The Labute approximate surface area is 93.0 Å². The van der Waals surface area contributed by atoms with Crippen LogP contribution < -0.4 is 0 Å². The molecule has 2 radical (unpaired) electrons. The standard InChI is InChI=1S/C7H7F9Si/c1-17-3-2-4(8,9)5(10,11)6(12,13)7(14,15)16/h2-3H2,1H3. The molecule has 0 amide bonds. The molecule has 0 spiro atoms. The molecule has 0 atom stereocenters. The van der Waals surface area contributed by atoms with Gasteiger partial charge in [-0.3, -0.25) is 0 Å². The van der Waals surface area contributed by atoms with E-state index in [-0.39, 0.29) is 9.52 Å². The molecule has 0 saturated heterocycles. The van der Waals surface area contributed by atoms with E-state index in [0.29, 0.717) is 0 Å². The summed E-state index contributed by atoms with van der Waals surface area (Å²) in [7, 11) is -0.259. The lowest BCUT2D eigenvalue weighted by Crippen LogP contribution is -2.60. The van der Waals surface area contributed by atoms with Crippen LogP contribution in [0.25, 0.3) is 0 Å². The minimum Gasteiger partial charge on any atom is -0.200 e. The normalized spacial score (nSPS) is 15.2. The molecular formula is C7H7F9Si. The first-order valence-corrected chi connectivity index (χ1v) is 5.87. The second-order valence-electron chi connectivity index (χ2n) is 3.20. The van der Waals surface area contributed by atoms with E-state index < -0.39 is 36.4 Å². The van der Waals surface area contributed by atoms with Gasteiger partial charge in [0.2, 0.25) is 0 Å². The first-order chi connectivity index (χ1) is 7.31. The van der Waals surface area contributed by atoms with Crippen LogP contribution in [-0.2, 0) is 0 Å². The first-order valence-electron chi connectivity index (χ1n) is 4.16. The molecule has 102 valence electrons. The lowest BCUT2D eigenvalue weighted by molar-refractivity contribution is -0.396. The number of alkyl halides is 9. The molecular weight excluding hydrogens is 283 g/mol. The zero-order valence-electron chi connectivity index (χ0n) is 8.32. The molecule has 0 aliphatic carbocycles. The van der Waals surface area contributed by atoms with Crippen molar-refractivity contribution in [1.29, 1.82) is 0 Å². The predicted octanol–water partition coefficient (Wildman–Crippen LogP) is 4.02. The molecule has 0 fully saturated rings. The summed E-state index contributed by atoms with van der Waals surface area (Å²) in [5.41, 5.74) is 0. The van der Waals surface area contributed by atoms with Crippen LogP contribution in [0.15, 0.2) is 0 Å². The minimum atomic E-state index is -6.76. The van der Waals surface area contributed by atoms with E-state index in [1.807, 2.05) is 0 Å². The molecule has 0 aromatic rings. The monoisotopic (exact) mass is 290 g/mol. The first kappa shape index (κ1) is 16.6. The Balaban J connectivity index is 5.24. The van der Waals surface area contributed by atoms with Crippen molar-refractivity contribution >= 4 is 9.52 Å². The molecule has 0 bridgehead atoms. The van der Waals surface area contributed by atoms with Crippen molar-refractivity contribution in [2.24, 2.45) is 0 Å². The fourth-order valence-corrected chi connectivity index (χ4v) is 1.41. The molecule has 0 N–H and O–H groups in total. The zero-order valence-corrected chi connectivity index (χ0v) is 9.32. The number of hydrogen-bond donors (Lipinski definition) is 0. The summed E-state index contributed by atoms with van der Waals surface area (Å²) in [4.78, 5) is 0. The van der Waals surface area contributed by atoms with Gasteiger partial charge in [0, 0.05) is 15.9 Å². The van der Waals surface area contributed by atoms with E-state index >= 15 is 0 Å². The van der Waals surface area contributed by atoms with Crippen molar-refractivity contribution in [1.82, 2.24) is 0 Å². The van der Waals surface area contributed by atoms with Crippen molar-refractivity contribution in [2.45, 2.75) is 43.0 Å². The fourth-order valence-electron chi connectivity index (χ4n) is 0.847. The van der Waals surface area contributed by atoms with Crippen molar-refractivity contribution in [2.75, 3.05) is 0 Å². The third kappa shape index (κ3) is 2.88. The molecule has 0 aromatic carbocycles. The Morgan fingerprint density at radius 1 is 0.765 bits per heavy atom. The molecule has 0 aromatic heterocycles. The van der Waals surface area contributed by atoms with Gasteiger partial charge in [0.25, 0.3) is 0 Å². The van der Waals surface area contributed by atoms with E-state index in [1.54, 1.807) is 0 Å². The average molecular weight is 290 g/mol. The Bertz CT molecular complexity index is 257. The summed E-state index contributed by atoms with van der Waals surface area (Å²) in [5, 5.41) is 0. The summed E-state index contributed by atoms with van der Waals surface area (Å²) in [6, 6.07) is -0.559. The minimum absolute atomic E-state index is 0.259. The van der Waals surface area contributed by atoms with Crippen LogP contribution in [0.4, 0.5) is 39.5 Å². The third-order valence-corrected chi connectivity index (χ3v) is 2.65. The predicted molar refractivity (Wildman–Crippen MR) is 41.9 cm³/mol. The Morgan fingerprint density at radius 2 is 1.18 bits per heavy atom. The van der Waals surface area contributed by atoms with Gasteiger partial charge in [-0.1, -0.05) is 12.6 Å². The lowest BCUT2D eigenvalue weighted by atomic mass is 10.0. The van der Waals surface area contributed by atoms with E-state index in [0.717, 1.165) is 0 Å². The second kappa shape index (κ2) is 4.69. The maximum atomic E-state index is 12.7. The molecule has 17 heavy (non-hydrogen) atoms. The quantitative estimate of drug-likeness (QED) is 0.530. The summed E-state index contributed by atoms with van der Waals surface area (Å²) >= 11 is 0. The van der Waals surface area contributed by atoms with Crippen LogP contribution >= 0.6 is 0 Å². The van der Waals surface area contributed by atoms with Crippen molar-refractivity contribution in [3.05, 3.63) is 0 Å². The topological polar surface area (TPSA) is 0 Å². The van der Waals surface area contributed by atoms with Gasteiger partial charge in [0.05, 0.1) is 0 Å². The fraction of sp³-hybridized carbons (Fsp3) is 1.00. The van der Waals surface area contributed by atoms with E-state index in [4.69, 9.17) is 0 Å². The molecule has 0 unspecified atom stereocenters. The molecule has 0 heterocycles. The van der Waals surface area contributed by atoms with Gasteiger partial charge in [-0.25, -0.2) is 0 Å². The highest BCUT2D eigenvalue weighted by Crippen LogP contribution is 2.54. The van der Waals surface area contributed by atoms with Crippen LogP contribution in [0.3, 0.4) is 0 Å². The van der Waals surface area contributed by atoms with Gasteiger partial charge < -0.3 is 0 Å². The summed E-state index contributed by atoms with van der Waals surface area (Å²) in [6.07, 6.45) is -8.45. The van der Waals surface area contributed by atoms with Crippen LogP contribution in [0.1, 0.15) is 6.42 Å². The largest absolute Gasteiger partial charge is 0.460 e. The van der Waals surface area contributed by atoms with Crippen molar-refractivity contribution in [3.8, 4) is 0 Å². The van der Waals surface area contributed by atoms with Gasteiger partial charge >= 0.3 is 23.9 Å². The molecule has 0 nitrogen and oxygen atoms in total. The molecule has 0 aliphatic heterocycles. The van der Waals surface area contributed by atoms with Crippen molar-refractivity contribution in [3.63, 3.8) is 0 Å². The highest BCUT2D eigenvalue weighted by atomic mass is 28.2. The summed E-state index contributed by atoms with van der Waals surface area (Å²) in [5.74, 6) is -18.6. The second-order valence-corrected chi connectivity index (χ2v) is 4.41. The van der Waals surface area contributed by atoms with Crippen LogP contribution in [0, 0.1) is 0 Å². The smallest absolute Gasteiger partial charge is 0.200 e. The van der Waals surface area contributed by atoms with Crippen LogP contribution in [0.5, 0.6) is 0 Å².